The van der Waals surface area contributed by atoms with Crippen LogP contribution >= 0.6 is 11.3 Å². The normalized spacial score (nSPS) is 13.1. The van der Waals surface area contributed by atoms with E-state index in [9.17, 15) is 0 Å². The van der Waals surface area contributed by atoms with Crippen molar-refractivity contribution in [3.63, 3.8) is 0 Å². The number of benzene rings is 8. The topological polar surface area (TPSA) is 3.24 Å². The van der Waals surface area contributed by atoms with Crippen LogP contribution in [0.5, 0.6) is 0 Å². The highest BCUT2D eigenvalue weighted by Gasteiger charge is 2.36. The smallest absolute Gasteiger partial charge is 0.0468 e. The van der Waals surface area contributed by atoms with Crippen LogP contribution in [0, 0.1) is 0 Å². The van der Waals surface area contributed by atoms with E-state index in [1.807, 2.05) is 11.3 Å². The van der Waals surface area contributed by atoms with Crippen molar-refractivity contribution in [2.75, 3.05) is 4.90 Å². The summed E-state index contributed by atoms with van der Waals surface area (Å²) in [7, 11) is 0. The summed E-state index contributed by atoms with van der Waals surface area (Å²) in [6.45, 7) is 4.73. The van der Waals surface area contributed by atoms with Crippen molar-refractivity contribution in [3.05, 3.63) is 187 Å². The first-order valence-corrected chi connectivity index (χ1v) is 18.5. The molecule has 9 aromatic rings. The lowest BCUT2D eigenvalue weighted by molar-refractivity contribution is 0.661. The van der Waals surface area contributed by atoms with Crippen molar-refractivity contribution < 1.29 is 0 Å². The maximum atomic E-state index is 2.37. The second kappa shape index (κ2) is 11.6. The molecule has 2 heteroatoms. The lowest BCUT2D eigenvalue weighted by Crippen LogP contribution is -2.14. The summed E-state index contributed by atoms with van der Waals surface area (Å²) in [5, 5.41) is 5.15. The summed E-state index contributed by atoms with van der Waals surface area (Å²) in [4.78, 5) is 2.37. The Labute approximate surface area is 302 Å². The maximum Gasteiger partial charge on any atom is 0.0468 e. The lowest BCUT2D eigenvalue weighted by atomic mass is 9.82. The minimum absolute atomic E-state index is 0.00622. The van der Waals surface area contributed by atoms with Gasteiger partial charge in [0.2, 0.25) is 0 Å². The number of fused-ring (bicyclic) bond motifs is 8. The Kier molecular flexibility index (Phi) is 6.78. The van der Waals surface area contributed by atoms with E-state index in [1.54, 1.807) is 0 Å². The highest BCUT2D eigenvalue weighted by Crippen LogP contribution is 2.54. The van der Waals surface area contributed by atoms with Crippen molar-refractivity contribution >= 4 is 59.3 Å². The van der Waals surface area contributed by atoms with E-state index >= 15 is 0 Å². The molecule has 8 aromatic carbocycles. The Balaban J connectivity index is 1.08. The van der Waals surface area contributed by atoms with E-state index in [0.717, 1.165) is 17.1 Å². The molecule has 10 rings (SSSR count). The van der Waals surface area contributed by atoms with Crippen LogP contribution < -0.4 is 4.90 Å². The fraction of sp³-hybridized carbons (Fsp3) is 0.0612. The van der Waals surface area contributed by atoms with Crippen LogP contribution in [-0.4, -0.2) is 0 Å². The Morgan fingerprint density at radius 1 is 0.412 bits per heavy atom. The van der Waals surface area contributed by atoms with Gasteiger partial charge in [-0.1, -0.05) is 153 Å². The zero-order valence-electron chi connectivity index (χ0n) is 28.6. The minimum atomic E-state index is -0.00622. The highest BCUT2D eigenvalue weighted by molar-refractivity contribution is 7.27. The van der Waals surface area contributed by atoms with Crippen LogP contribution in [0.3, 0.4) is 0 Å². The summed E-state index contributed by atoms with van der Waals surface area (Å²) in [5.41, 5.74) is 14.0. The largest absolute Gasteiger partial charge is 0.310 e. The second-order valence-corrected chi connectivity index (χ2v) is 15.2. The Morgan fingerprint density at radius 3 is 1.80 bits per heavy atom. The molecule has 1 aliphatic carbocycles. The van der Waals surface area contributed by atoms with Crippen LogP contribution in [0.25, 0.3) is 64.3 Å². The lowest BCUT2D eigenvalue weighted by Gasteiger charge is -2.26. The van der Waals surface area contributed by atoms with Crippen LogP contribution in [0.4, 0.5) is 17.1 Å². The molecule has 0 fully saturated rings. The third-order valence-corrected chi connectivity index (χ3v) is 12.1. The molecule has 0 saturated carbocycles. The molecule has 1 heterocycles. The second-order valence-electron chi connectivity index (χ2n) is 14.1. The molecule has 0 bridgehead atoms. The third-order valence-electron chi connectivity index (χ3n) is 10.9. The number of thiophene rings is 1. The van der Waals surface area contributed by atoms with Crippen molar-refractivity contribution in [2.45, 2.75) is 19.3 Å². The first-order valence-electron chi connectivity index (χ1n) is 17.7. The van der Waals surface area contributed by atoms with E-state index in [0.29, 0.717) is 0 Å². The van der Waals surface area contributed by atoms with Gasteiger partial charge in [-0.25, -0.2) is 0 Å². The van der Waals surface area contributed by atoms with Gasteiger partial charge < -0.3 is 4.90 Å². The van der Waals surface area contributed by atoms with Crippen LogP contribution in [0.1, 0.15) is 25.0 Å². The molecule has 242 valence electrons. The molecule has 51 heavy (non-hydrogen) atoms. The molecule has 0 spiro atoms. The van der Waals surface area contributed by atoms with E-state index in [2.05, 4.69) is 195 Å². The van der Waals surface area contributed by atoms with Gasteiger partial charge in [-0.2, -0.15) is 0 Å². The molecular weight excluding hydrogens is 635 g/mol. The number of hydrogen-bond acceptors (Lipinski definition) is 2. The molecule has 0 aliphatic heterocycles. The van der Waals surface area contributed by atoms with E-state index in [4.69, 9.17) is 0 Å². The van der Waals surface area contributed by atoms with Gasteiger partial charge in [0.1, 0.15) is 0 Å². The SMILES string of the molecule is CC1(C)c2ccccc2-c2c1ccc1c2sc2c(-c3ccc(N(c4ccc(-c5ccccc5)cc4)c4ccc5ccccc5c4)cc3)cccc21. The van der Waals surface area contributed by atoms with Crippen molar-refractivity contribution in [3.8, 4) is 33.4 Å². The van der Waals surface area contributed by atoms with Crippen molar-refractivity contribution in [2.24, 2.45) is 0 Å². The minimum Gasteiger partial charge on any atom is -0.310 e. The summed E-state index contributed by atoms with van der Waals surface area (Å²) >= 11 is 1.95. The number of rotatable bonds is 5. The standard InChI is InChI=1S/C49H35NS/c1-49(2)44-18-9-8-15-43(44)46-45(49)30-29-42-41-17-10-16-40(47(41)51-48(42)46)35-22-26-38(27-23-35)50(39-28-21-33-13-6-7-14-36(33)31-39)37-24-19-34(20-25-37)32-11-4-3-5-12-32/h3-31H,1-2H3. The predicted octanol–water partition coefficient (Wildman–Crippen LogP) is 14.3. The van der Waals surface area contributed by atoms with Crippen LogP contribution in [-0.2, 0) is 5.41 Å². The molecule has 1 aliphatic rings. The van der Waals surface area contributed by atoms with Gasteiger partial charge in [-0.3, -0.25) is 0 Å². The molecule has 0 N–H and O–H groups in total. The Hall–Kier alpha value is -5.96. The molecule has 1 aromatic heterocycles. The first kappa shape index (κ1) is 29.9. The Bertz CT molecular complexity index is 2750. The first-order chi connectivity index (χ1) is 25.0. The number of nitrogens with zero attached hydrogens (tertiary/aromatic N) is 1. The number of anilines is 3. The summed E-state index contributed by atoms with van der Waals surface area (Å²) in [6.07, 6.45) is 0. The average molecular weight is 670 g/mol. The van der Waals surface area contributed by atoms with Crippen LogP contribution in [0.15, 0.2) is 176 Å². The molecule has 0 unspecified atom stereocenters. The fourth-order valence-electron chi connectivity index (χ4n) is 8.26. The van der Waals surface area contributed by atoms with Gasteiger partial charge in [0.25, 0.3) is 0 Å². The zero-order chi connectivity index (χ0) is 34.1. The summed E-state index contributed by atoms with van der Waals surface area (Å²) in [5.74, 6) is 0. The van der Waals surface area contributed by atoms with Gasteiger partial charge in [-0.05, 0) is 86.1 Å². The number of hydrogen-bond donors (Lipinski definition) is 0. The molecule has 0 amide bonds. The van der Waals surface area contributed by atoms with Gasteiger partial charge in [0, 0.05) is 48.2 Å². The van der Waals surface area contributed by atoms with Crippen LogP contribution in [0.2, 0.25) is 0 Å². The maximum absolute atomic E-state index is 2.37. The molecule has 1 nitrogen and oxygen atoms in total. The molecule has 0 atom stereocenters. The summed E-state index contributed by atoms with van der Waals surface area (Å²) < 4.78 is 2.74. The zero-order valence-corrected chi connectivity index (χ0v) is 29.4. The average Bonchev–Trinajstić information content (AvgIpc) is 3.68. The van der Waals surface area contributed by atoms with Gasteiger partial charge in [0.15, 0.2) is 0 Å². The van der Waals surface area contributed by atoms with Gasteiger partial charge in [-0.15, -0.1) is 11.3 Å². The molecule has 0 radical (unpaired) electrons. The van der Waals surface area contributed by atoms with Gasteiger partial charge in [0.05, 0.1) is 0 Å². The predicted molar refractivity (Wildman–Crippen MR) is 220 cm³/mol. The quantitative estimate of drug-likeness (QED) is 0.176. The molecule has 0 saturated heterocycles. The van der Waals surface area contributed by atoms with Gasteiger partial charge >= 0.3 is 0 Å². The van der Waals surface area contributed by atoms with Crippen molar-refractivity contribution in [1.82, 2.24) is 0 Å². The molecular formula is C49H35NS. The fourth-order valence-corrected chi connectivity index (χ4v) is 9.65. The van der Waals surface area contributed by atoms with E-state index < -0.39 is 0 Å². The van der Waals surface area contributed by atoms with Crippen molar-refractivity contribution in [1.29, 1.82) is 0 Å². The monoisotopic (exact) mass is 669 g/mol. The highest BCUT2D eigenvalue weighted by atomic mass is 32.1. The third kappa shape index (κ3) is 4.75. The summed E-state index contributed by atoms with van der Waals surface area (Å²) in [6, 6.07) is 64.5. The van der Waals surface area contributed by atoms with E-state index in [-0.39, 0.29) is 5.41 Å². The van der Waals surface area contributed by atoms with E-state index in [1.165, 1.54) is 75.5 Å². The Morgan fingerprint density at radius 2 is 1.02 bits per heavy atom.